The van der Waals surface area contributed by atoms with Crippen LogP contribution in [0.25, 0.3) is 11.4 Å². The zero-order valence-electron chi connectivity index (χ0n) is 20.6. The van der Waals surface area contributed by atoms with E-state index in [1.807, 2.05) is 26.0 Å². The Morgan fingerprint density at radius 1 is 1.09 bits per heavy atom. The topological polar surface area (TPSA) is 87.5 Å². The minimum atomic E-state index is -0.226. The van der Waals surface area contributed by atoms with Crippen molar-refractivity contribution < 1.29 is 19.0 Å². The van der Waals surface area contributed by atoms with Crippen molar-refractivity contribution in [1.29, 1.82) is 0 Å². The summed E-state index contributed by atoms with van der Waals surface area (Å²) in [4.78, 5) is 12.6. The summed E-state index contributed by atoms with van der Waals surface area (Å²) in [6, 6.07) is 4.09. The molecule has 1 fully saturated rings. The van der Waals surface area contributed by atoms with Crippen LogP contribution in [0.4, 0.5) is 0 Å². The molecule has 1 aliphatic carbocycles. The lowest BCUT2D eigenvalue weighted by molar-refractivity contribution is -0.120. The Kier molecular flexibility index (Phi) is 8.51. The van der Waals surface area contributed by atoms with Crippen LogP contribution in [0.15, 0.2) is 17.3 Å². The Bertz CT molecular complexity index is 929. The number of hydrogen-bond donors (Lipinski definition) is 1. The SMILES string of the molecule is CCC(C)(C)NC(=O)CSc1nnc(-c2cc(OC)c(OC)c(OC)c2)n1C1CCCCC1. The van der Waals surface area contributed by atoms with E-state index in [4.69, 9.17) is 14.2 Å². The third-order valence-electron chi connectivity index (χ3n) is 6.22. The first-order chi connectivity index (χ1) is 15.8. The third-order valence-corrected chi connectivity index (χ3v) is 7.16. The highest BCUT2D eigenvalue weighted by atomic mass is 32.2. The van der Waals surface area contributed by atoms with Gasteiger partial charge in [-0.3, -0.25) is 9.36 Å². The van der Waals surface area contributed by atoms with Crippen LogP contribution in [0.3, 0.4) is 0 Å². The predicted molar refractivity (Wildman–Crippen MR) is 130 cm³/mol. The van der Waals surface area contributed by atoms with Gasteiger partial charge in [-0.15, -0.1) is 10.2 Å². The van der Waals surface area contributed by atoms with E-state index in [0.717, 1.165) is 35.8 Å². The van der Waals surface area contributed by atoms with Crippen molar-refractivity contribution >= 4 is 17.7 Å². The molecule has 8 nitrogen and oxygen atoms in total. The van der Waals surface area contributed by atoms with Gasteiger partial charge in [0.1, 0.15) is 0 Å². The number of methoxy groups -OCH3 is 3. The molecular formula is C24H36N4O4S. The van der Waals surface area contributed by atoms with Crippen molar-refractivity contribution in [2.75, 3.05) is 27.1 Å². The molecule has 1 aromatic heterocycles. The first kappa shape index (κ1) is 25.2. The van der Waals surface area contributed by atoms with Crippen LogP contribution in [-0.2, 0) is 4.79 Å². The molecule has 0 radical (unpaired) electrons. The van der Waals surface area contributed by atoms with E-state index in [0.29, 0.717) is 29.0 Å². The predicted octanol–water partition coefficient (Wildman–Crippen LogP) is 4.87. The maximum absolute atomic E-state index is 12.6. The minimum absolute atomic E-state index is 0.000574. The third kappa shape index (κ3) is 5.93. The van der Waals surface area contributed by atoms with Crippen molar-refractivity contribution in [1.82, 2.24) is 20.1 Å². The Balaban J connectivity index is 1.96. The van der Waals surface area contributed by atoms with Gasteiger partial charge in [-0.1, -0.05) is 37.9 Å². The number of hydrogen-bond acceptors (Lipinski definition) is 7. The first-order valence-electron chi connectivity index (χ1n) is 11.5. The molecule has 1 saturated carbocycles. The van der Waals surface area contributed by atoms with Crippen molar-refractivity contribution in [3.05, 3.63) is 12.1 Å². The average Bonchev–Trinajstić information content (AvgIpc) is 3.26. The van der Waals surface area contributed by atoms with Crippen molar-refractivity contribution in [3.8, 4) is 28.6 Å². The van der Waals surface area contributed by atoms with Gasteiger partial charge in [-0.2, -0.15) is 0 Å². The van der Waals surface area contributed by atoms with Gasteiger partial charge in [0.25, 0.3) is 0 Å². The van der Waals surface area contributed by atoms with Gasteiger partial charge in [0.2, 0.25) is 11.7 Å². The second kappa shape index (κ2) is 11.1. The van der Waals surface area contributed by atoms with Crippen LogP contribution in [0.2, 0.25) is 0 Å². The molecule has 1 amide bonds. The molecule has 0 spiro atoms. The fraction of sp³-hybridized carbons (Fsp3) is 0.625. The molecule has 182 valence electrons. The molecule has 1 N–H and O–H groups in total. The Morgan fingerprint density at radius 2 is 1.73 bits per heavy atom. The highest BCUT2D eigenvalue weighted by Gasteiger charge is 2.26. The Labute approximate surface area is 200 Å². The summed E-state index contributed by atoms with van der Waals surface area (Å²) in [6.07, 6.45) is 6.60. The van der Waals surface area contributed by atoms with Crippen molar-refractivity contribution in [3.63, 3.8) is 0 Å². The smallest absolute Gasteiger partial charge is 0.230 e. The van der Waals surface area contributed by atoms with Crippen LogP contribution in [0.5, 0.6) is 17.2 Å². The number of carbonyl (C=O) groups is 1. The molecule has 33 heavy (non-hydrogen) atoms. The van der Waals surface area contributed by atoms with E-state index in [2.05, 4.69) is 27.0 Å². The minimum Gasteiger partial charge on any atom is -0.493 e. The van der Waals surface area contributed by atoms with Crippen LogP contribution in [0.1, 0.15) is 65.3 Å². The number of ether oxygens (including phenoxy) is 3. The van der Waals surface area contributed by atoms with Gasteiger partial charge in [0, 0.05) is 17.1 Å². The molecule has 1 heterocycles. The van der Waals surface area contributed by atoms with Crippen LogP contribution >= 0.6 is 11.8 Å². The number of thioether (sulfide) groups is 1. The normalized spacial score (nSPS) is 14.7. The summed E-state index contributed by atoms with van der Waals surface area (Å²) in [5.74, 6) is 2.72. The zero-order valence-corrected chi connectivity index (χ0v) is 21.4. The second-order valence-corrected chi connectivity index (χ2v) is 9.90. The summed E-state index contributed by atoms with van der Waals surface area (Å²) in [7, 11) is 4.79. The lowest BCUT2D eigenvalue weighted by atomic mass is 9.95. The highest BCUT2D eigenvalue weighted by Crippen LogP contribution is 2.43. The number of rotatable bonds is 10. The molecular weight excluding hydrogens is 440 g/mol. The number of aromatic nitrogens is 3. The van der Waals surface area contributed by atoms with Gasteiger partial charge in [0.15, 0.2) is 22.5 Å². The summed E-state index contributed by atoms with van der Waals surface area (Å²) >= 11 is 1.43. The van der Waals surface area contributed by atoms with E-state index in [9.17, 15) is 4.79 Å². The van der Waals surface area contributed by atoms with E-state index < -0.39 is 0 Å². The molecule has 3 rings (SSSR count). The molecule has 1 aromatic carbocycles. The van der Waals surface area contributed by atoms with E-state index in [1.165, 1.54) is 31.0 Å². The summed E-state index contributed by atoms with van der Waals surface area (Å²) in [5, 5.41) is 12.9. The van der Waals surface area contributed by atoms with E-state index in [1.54, 1.807) is 21.3 Å². The van der Waals surface area contributed by atoms with Gasteiger partial charge >= 0.3 is 0 Å². The zero-order chi connectivity index (χ0) is 24.0. The Hall–Kier alpha value is -2.42. The van der Waals surface area contributed by atoms with Gasteiger partial charge in [-0.25, -0.2) is 0 Å². The van der Waals surface area contributed by atoms with Crippen LogP contribution < -0.4 is 19.5 Å². The fourth-order valence-corrected chi connectivity index (χ4v) is 4.89. The van der Waals surface area contributed by atoms with Gasteiger partial charge in [-0.05, 0) is 45.2 Å². The fourth-order valence-electron chi connectivity index (χ4n) is 4.08. The van der Waals surface area contributed by atoms with E-state index >= 15 is 0 Å². The monoisotopic (exact) mass is 476 g/mol. The highest BCUT2D eigenvalue weighted by molar-refractivity contribution is 7.99. The first-order valence-corrected chi connectivity index (χ1v) is 12.5. The quantitative estimate of drug-likeness (QED) is 0.489. The van der Waals surface area contributed by atoms with Crippen LogP contribution in [0, 0.1) is 0 Å². The summed E-state index contributed by atoms with van der Waals surface area (Å²) in [5.41, 5.74) is 0.613. The molecule has 0 aliphatic heterocycles. The number of benzene rings is 1. The molecule has 0 saturated heterocycles. The standard InChI is InChI=1S/C24H36N4O4S/c1-7-24(2,3)25-20(29)15-33-23-27-26-22(28(23)17-11-9-8-10-12-17)16-13-18(30-4)21(32-6)19(14-16)31-5/h13-14,17H,7-12,15H2,1-6H3,(H,25,29). The number of nitrogens with one attached hydrogen (secondary N) is 1. The van der Waals surface area contributed by atoms with E-state index in [-0.39, 0.29) is 11.4 Å². The molecule has 1 aliphatic rings. The van der Waals surface area contributed by atoms with Crippen molar-refractivity contribution in [2.45, 2.75) is 76.0 Å². The largest absolute Gasteiger partial charge is 0.493 e. The average molecular weight is 477 g/mol. The number of carbonyl (C=O) groups excluding carboxylic acids is 1. The number of amides is 1. The van der Waals surface area contributed by atoms with Gasteiger partial charge in [0.05, 0.1) is 27.1 Å². The molecule has 2 aromatic rings. The Morgan fingerprint density at radius 3 is 2.27 bits per heavy atom. The second-order valence-electron chi connectivity index (χ2n) is 8.96. The summed E-state index contributed by atoms with van der Waals surface area (Å²) < 4.78 is 18.8. The number of nitrogens with zero attached hydrogens (tertiary/aromatic N) is 3. The van der Waals surface area contributed by atoms with Crippen LogP contribution in [-0.4, -0.2) is 53.3 Å². The molecule has 9 heteroatoms. The maximum atomic E-state index is 12.6. The molecule has 0 atom stereocenters. The lowest BCUT2D eigenvalue weighted by Gasteiger charge is -2.26. The lowest BCUT2D eigenvalue weighted by Crippen LogP contribution is -2.43. The summed E-state index contributed by atoms with van der Waals surface area (Å²) in [6.45, 7) is 6.13. The molecule has 0 unspecified atom stereocenters. The maximum Gasteiger partial charge on any atom is 0.230 e. The van der Waals surface area contributed by atoms with Gasteiger partial charge < -0.3 is 19.5 Å². The van der Waals surface area contributed by atoms with Crippen molar-refractivity contribution in [2.24, 2.45) is 0 Å². The molecule has 0 bridgehead atoms.